The van der Waals surface area contributed by atoms with E-state index in [0.29, 0.717) is 61.3 Å². The van der Waals surface area contributed by atoms with E-state index in [1.54, 1.807) is 18.2 Å². The molecule has 184 valence electrons. The van der Waals surface area contributed by atoms with Crippen molar-refractivity contribution in [1.29, 1.82) is 0 Å². The molecule has 1 N–H and O–H groups in total. The van der Waals surface area contributed by atoms with E-state index >= 15 is 0 Å². The number of sulfonamides is 1. The highest BCUT2D eigenvalue weighted by Crippen LogP contribution is 2.34. The molecule has 0 unspecified atom stereocenters. The van der Waals surface area contributed by atoms with E-state index in [4.69, 9.17) is 27.9 Å². The van der Waals surface area contributed by atoms with Crippen LogP contribution in [0.15, 0.2) is 48.5 Å². The molecule has 0 radical (unpaired) electrons. The monoisotopic (exact) mass is 524 g/mol. The summed E-state index contributed by atoms with van der Waals surface area (Å²) in [6.45, 7) is 2.57. The fourth-order valence-electron chi connectivity index (χ4n) is 4.84. The molecule has 0 saturated carbocycles. The second kappa shape index (κ2) is 11.0. The molecule has 2 aliphatic heterocycles. The second-order valence-corrected chi connectivity index (χ2v) is 12.0. The van der Waals surface area contributed by atoms with Gasteiger partial charge < -0.3 is 10.1 Å². The van der Waals surface area contributed by atoms with E-state index in [1.165, 1.54) is 9.87 Å². The molecule has 0 bridgehead atoms. The zero-order valence-electron chi connectivity index (χ0n) is 19.0. The third-order valence-corrected chi connectivity index (χ3v) is 9.42. The van der Waals surface area contributed by atoms with Crippen molar-refractivity contribution in [3.8, 4) is 0 Å². The van der Waals surface area contributed by atoms with Gasteiger partial charge in [-0.15, -0.1) is 0 Å². The van der Waals surface area contributed by atoms with Crippen LogP contribution in [0.2, 0.25) is 10.0 Å². The van der Waals surface area contributed by atoms with Gasteiger partial charge in [-0.05, 0) is 48.9 Å². The molecule has 34 heavy (non-hydrogen) atoms. The molecule has 2 aliphatic rings. The van der Waals surface area contributed by atoms with Gasteiger partial charge in [-0.3, -0.25) is 4.79 Å². The molecular weight excluding hydrogens is 495 g/mol. The molecule has 2 heterocycles. The summed E-state index contributed by atoms with van der Waals surface area (Å²) in [5.41, 5.74) is 1.62. The van der Waals surface area contributed by atoms with Crippen molar-refractivity contribution in [2.75, 3.05) is 32.8 Å². The minimum absolute atomic E-state index is 0.000378. The van der Waals surface area contributed by atoms with E-state index in [1.807, 2.05) is 18.2 Å². The third-order valence-electron chi connectivity index (χ3n) is 7.01. The van der Waals surface area contributed by atoms with Gasteiger partial charge in [0.1, 0.15) is 0 Å². The van der Waals surface area contributed by atoms with Crippen LogP contribution in [0.4, 0.5) is 0 Å². The summed E-state index contributed by atoms with van der Waals surface area (Å²) >= 11 is 12.1. The first-order valence-electron chi connectivity index (χ1n) is 11.6. The molecule has 0 atom stereocenters. The van der Waals surface area contributed by atoms with Gasteiger partial charge >= 0.3 is 0 Å². The Bertz CT molecular complexity index is 1100. The van der Waals surface area contributed by atoms with Gasteiger partial charge in [-0.1, -0.05) is 59.6 Å². The van der Waals surface area contributed by atoms with Crippen molar-refractivity contribution in [2.24, 2.45) is 5.92 Å². The van der Waals surface area contributed by atoms with Gasteiger partial charge in [0.25, 0.3) is 0 Å². The summed E-state index contributed by atoms with van der Waals surface area (Å²) in [6, 6.07) is 15.1. The maximum Gasteiger partial charge on any atom is 0.223 e. The Morgan fingerprint density at radius 2 is 1.74 bits per heavy atom. The van der Waals surface area contributed by atoms with E-state index < -0.39 is 10.0 Å². The van der Waals surface area contributed by atoms with Crippen LogP contribution in [0.1, 0.15) is 36.8 Å². The van der Waals surface area contributed by atoms with Crippen LogP contribution < -0.4 is 5.32 Å². The van der Waals surface area contributed by atoms with E-state index in [9.17, 15) is 13.2 Å². The van der Waals surface area contributed by atoms with E-state index in [-0.39, 0.29) is 23.0 Å². The van der Waals surface area contributed by atoms with Crippen molar-refractivity contribution >= 4 is 39.1 Å². The maximum absolute atomic E-state index is 13.0. The van der Waals surface area contributed by atoms with Crippen LogP contribution in [0.3, 0.4) is 0 Å². The summed E-state index contributed by atoms with van der Waals surface area (Å²) in [6.07, 6.45) is 2.73. The lowest BCUT2D eigenvalue weighted by atomic mass is 9.74. The molecule has 2 aromatic carbocycles. The van der Waals surface area contributed by atoms with Crippen LogP contribution in [0.5, 0.6) is 0 Å². The smallest absolute Gasteiger partial charge is 0.223 e. The number of benzene rings is 2. The Balaban J connectivity index is 1.33. The average Bonchev–Trinajstić information content (AvgIpc) is 2.85. The minimum Gasteiger partial charge on any atom is -0.381 e. The molecule has 2 fully saturated rings. The highest BCUT2D eigenvalue weighted by atomic mass is 35.5. The predicted molar refractivity (Wildman–Crippen MR) is 135 cm³/mol. The molecule has 1 amide bonds. The third kappa shape index (κ3) is 5.94. The SMILES string of the molecule is O=C(NCC1(c2ccccc2)CCOCC1)C1CCN(S(=O)(=O)Cc2ccc(Cl)cc2Cl)CC1. The minimum atomic E-state index is -3.54. The van der Waals surface area contributed by atoms with Gasteiger partial charge in [-0.2, -0.15) is 0 Å². The quantitative estimate of drug-likeness (QED) is 0.582. The van der Waals surface area contributed by atoms with Gasteiger partial charge in [0, 0.05) is 54.2 Å². The highest BCUT2D eigenvalue weighted by molar-refractivity contribution is 7.88. The Hall–Kier alpha value is -1.64. The Kier molecular flexibility index (Phi) is 8.20. The molecule has 2 aromatic rings. The number of carbonyl (C=O) groups excluding carboxylic acids is 1. The zero-order valence-corrected chi connectivity index (χ0v) is 21.3. The number of hydrogen-bond acceptors (Lipinski definition) is 4. The van der Waals surface area contributed by atoms with Gasteiger partial charge in [0.2, 0.25) is 15.9 Å². The molecule has 6 nitrogen and oxygen atoms in total. The standard InChI is InChI=1S/C25H30Cl2N2O4S/c26-22-7-6-20(23(27)16-22)17-34(31,32)29-12-8-19(9-13-29)24(30)28-18-25(10-14-33-15-11-25)21-4-2-1-3-5-21/h1-7,16,19H,8-15,17-18H2,(H,28,30). The Labute approximate surface area is 211 Å². The van der Waals surface area contributed by atoms with E-state index in [2.05, 4.69) is 17.4 Å². The molecule has 0 spiro atoms. The van der Waals surface area contributed by atoms with Crippen molar-refractivity contribution in [1.82, 2.24) is 9.62 Å². The van der Waals surface area contributed by atoms with Crippen LogP contribution in [-0.2, 0) is 30.7 Å². The molecule has 2 saturated heterocycles. The van der Waals surface area contributed by atoms with Crippen molar-refractivity contribution in [2.45, 2.75) is 36.9 Å². The van der Waals surface area contributed by atoms with Crippen LogP contribution in [-0.4, -0.2) is 51.5 Å². The van der Waals surface area contributed by atoms with Gasteiger partial charge in [-0.25, -0.2) is 12.7 Å². The molecule has 9 heteroatoms. The summed E-state index contributed by atoms with van der Waals surface area (Å²) < 4.78 is 32.9. The Morgan fingerprint density at radius 1 is 1.06 bits per heavy atom. The first-order chi connectivity index (χ1) is 16.3. The number of piperidine rings is 1. The summed E-state index contributed by atoms with van der Waals surface area (Å²) in [5, 5.41) is 3.98. The predicted octanol–water partition coefficient (Wildman–Crippen LogP) is 4.40. The van der Waals surface area contributed by atoms with Crippen LogP contribution in [0.25, 0.3) is 0 Å². The van der Waals surface area contributed by atoms with Crippen LogP contribution in [0, 0.1) is 5.92 Å². The van der Waals surface area contributed by atoms with E-state index in [0.717, 1.165) is 12.8 Å². The second-order valence-electron chi connectivity index (χ2n) is 9.14. The zero-order chi connectivity index (χ0) is 24.2. The first kappa shape index (κ1) is 25.5. The van der Waals surface area contributed by atoms with Gasteiger partial charge in [0.15, 0.2) is 0 Å². The molecular formula is C25H30Cl2N2O4S. The fourth-order valence-corrected chi connectivity index (χ4v) is 6.99. The number of nitrogens with zero attached hydrogens (tertiary/aromatic N) is 1. The number of amides is 1. The topological polar surface area (TPSA) is 75.7 Å². The lowest BCUT2D eigenvalue weighted by molar-refractivity contribution is -0.126. The van der Waals surface area contributed by atoms with Crippen molar-refractivity contribution in [3.05, 3.63) is 69.7 Å². The first-order valence-corrected chi connectivity index (χ1v) is 14.0. The lowest BCUT2D eigenvalue weighted by Crippen LogP contribution is -2.48. The molecule has 0 aromatic heterocycles. The van der Waals surface area contributed by atoms with Crippen molar-refractivity contribution in [3.63, 3.8) is 0 Å². The average molecular weight is 525 g/mol. The number of hydrogen-bond donors (Lipinski definition) is 1. The van der Waals surface area contributed by atoms with Crippen LogP contribution >= 0.6 is 23.2 Å². The number of carbonyl (C=O) groups is 1. The fraction of sp³-hybridized carbons (Fsp3) is 0.480. The largest absolute Gasteiger partial charge is 0.381 e. The summed E-state index contributed by atoms with van der Waals surface area (Å²) in [7, 11) is -3.54. The number of ether oxygens (including phenoxy) is 1. The van der Waals surface area contributed by atoms with Crippen molar-refractivity contribution < 1.29 is 17.9 Å². The Morgan fingerprint density at radius 3 is 2.38 bits per heavy atom. The number of rotatable bonds is 7. The highest BCUT2D eigenvalue weighted by Gasteiger charge is 2.36. The van der Waals surface area contributed by atoms with Gasteiger partial charge in [0.05, 0.1) is 5.75 Å². The summed E-state index contributed by atoms with van der Waals surface area (Å²) in [4.78, 5) is 13.0. The molecule has 0 aliphatic carbocycles. The summed E-state index contributed by atoms with van der Waals surface area (Å²) in [5.74, 6) is -0.375. The normalized spacial score (nSPS) is 19.6. The maximum atomic E-state index is 13.0. The lowest BCUT2D eigenvalue weighted by Gasteiger charge is -2.38. The number of nitrogens with one attached hydrogen (secondary N) is 1. The molecule has 4 rings (SSSR count). The number of halogens is 2.